The molecular weight excluding hydrogens is 653 g/mol. The van der Waals surface area contributed by atoms with E-state index < -0.39 is 0 Å². The van der Waals surface area contributed by atoms with Gasteiger partial charge in [-0.15, -0.1) is 0 Å². The summed E-state index contributed by atoms with van der Waals surface area (Å²) in [4.78, 5) is 3.91. The second kappa shape index (κ2) is 11.6. The van der Waals surface area contributed by atoms with Gasteiger partial charge in [-0.25, -0.2) is 4.98 Å². The number of imidazole rings is 1. The van der Waals surface area contributed by atoms with E-state index in [9.17, 15) is 0 Å². The van der Waals surface area contributed by atoms with Gasteiger partial charge >= 0.3 is 0 Å². The number of aromatic nitrogens is 2. The van der Waals surface area contributed by atoms with Gasteiger partial charge in [0.1, 0.15) is 5.69 Å². The van der Waals surface area contributed by atoms with Gasteiger partial charge in [0.2, 0.25) is 0 Å². The minimum Gasteiger partial charge on any atom is -0.236 e. The van der Waals surface area contributed by atoms with Gasteiger partial charge in [-0.05, 0) is 113 Å². The smallest absolute Gasteiger partial charge is 0.236 e. The van der Waals surface area contributed by atoms with Gasteiger partial charge in [0, 0.05) is 5.41 Å². The molecule has 0 radical (unpaired) electrons. The predicted octanol–water partition coefficient (Wildman–Crippen LogP) is 13.2. The van der Waals surface area contributed by atoms with Crippen molar-refractivity contribution in [3.63, 3.8) is 0 Å². The SMILES string of the molecule is CC1(C)c2ccccc2-c2ccc(-c3c4ccccc4c(-c4[nH]c5ccccc5[n+]4-c4ccccc4)c4ccc(-c5cccc6ccccc56)cc34)cc21. The lowest BCUT2D eigenvalue weighted by Gasteiger charge is -2.23. The minimum absolute atomic E-state index is 0.104. The number of nitrogens with one attached hydrogen (secondary N) is 1. The topological polar surface area (TPSA) is 19.7 Å². The van der Waals surface area contributed by atoms with E-state index in [0.29, 0.717) is 0 Å². The van der Waals surface area contributed by atoms with Crippen LogP contribution in [0.15, 0.2) is 182 Å². The number of hydrogen-bond donors (Lipinski definition) is 1. The Morgan fingerprint density at radius 1 is 0.426 bits per heavy atom. The summed E-state index contributed by atoms with van der Waals surface area (Å²) in [6.45, 7) is 4.75. The number of rotatable bonds is 4. The van der Waals surface area contributed by atoms with E-state index in [0.717, 1.165) is 22.5 Å². The van der Waals surface area contributed by atoms with Crippen LogP contribution in [0.25, 0.3) is 93.8 Å². The molecule has 10 aromatic rings. The highest BCUT2D eigenvalue weighted by Crippen LogP contribution is 2.51. The molecule has 0 amide bonds. The number of benzene rings is 9. The fourth-order valence-electron chi connectivity index (χ4n) is 9.35. The molecule has 0 spiro atoms. The third-order valence-corrected chi connectivity index (χ3v) is 11.9. The van der Waals surface area contributed by atoms with E-state index in [1.807, 2.05) is 0 Å². The standard InChI is InChI=1S/C52H36N2/c1-52(2)45-24-11-10-20-39(45)40-29-28-35(32-46(40)52)49-41-21-8-9-22-42(41)50(51-53-47-25-12-13-26-48(47)54(51)36-17-4-3-5-18-36)43-30-27-34(31-44(43)49)38-23-14-16-33-15-6-7-19-37(33)38/h3-32H,1-2H3/p+1. The maximum atomic E-state index is 3.91. The lowest BCUT2D eigenvalue weighted by Crippen LogP contribution is -2.32. The van der Waals surface area contributed by atoms with E-state index in [4.69, 9.17) is 0 Å². The second-order valence-corrected chi connectivity index (χ2v) is 15.2. The van der Waals surface area contributed by atoms with E-state index in [1.54, 1.807) is 0 Å². The molecule has 0 bridgehead atoms. The van der Waals surface area contributed by atoms with Gasteiger partial charge in [0.25, 0.3) is 5.82 Å². The lowest BCUT2D eigenvalue weighted by atomic mass is 9.80. The average Bonchev–Trinajstić information content (AvgIpc) is 3.71. The molecule has 2 nitrogen and oxygen atoms in total. The fourth-order valence-corrected chi connectivity index (χ4v) is 9.35. The molecule has 0 saturated carbocycles. The Morgan fingerprint density at radius 2 is 1.06 bits per heavy atom. The highest BCUT2D eigenvalue weighted by atomic mass is 15.1. The highest BCUT2D eigenvalue weighted by Gasteiger charge is 2.36. The average molecular weight is 690 g/mol. The van der Waals surface area contributed by atoms with Crippen LogP contribution in [0.4, 0.5) is 0 Å². The minimum atomic E-state index is -0.104. The van der Waals surface area contributed by atoms with E-state index in [2.05, 4.69) is 205 Å². The molecular formula is C52H37N2+. The van der Waals surface area contributed by atoms with Crippen LogP contribution in [-0.4, -0.2) is 4.98 Å². The third-order valence-electron chi connectivity index (χ3n) is 11.9. The normalized spacial score (nSPS) is 13.1. The van der Waals surface area contributed by atoms with E-state index in [1.165, 1.54) is 82.4 Å². The molecule has 1 N–H and O–H groups in total. The summed E-state index contributed by atoms with van der Waals surface area (Å²) in [6.07, 6.45) is 0. The number of H-pyrrole nitrogens is 1. The first kappa shape index (κ1) is 30.8. The van der Waals surface area contributed by atoms with Crippen molar-refractivity contribution in [3.8, 4) is 50.5 Å². The Morgan fingerprint density at radius 3 is 1.93 bits per heavy atom. The summed E-state index contributed by atoms with van der Waals surface area (Å²) in [6, 6.07) is 67.0. The molecule has 1 aliphatic rings. The Labute approximate surface area is 314 Å². The van der Waals surface area contributed by atoms with Gasteiger partial charge in [-0.2, -0.15) is 4.57 Å². The summed E-state index contributed by atoms with van der Waals surface area (Å²) < 4.78 is 2.39. The monoisotopic (exact) mass is 689 g/mol. The van der Waals surface area contributed by atoms with Crippen molar-refractivity contribution >= 4 is 43.4 Å². The summed E-state index contributed by atoms with van der Waals surface area (Å²) in [7, 11) is 0. The zero-order valence-corrected chi connectivity index (χ0v) is 30.3. The summed E-state index contributed by atoms with van der Waals surface area (Å²) in [5.74, 6) is 1.07. The van der Waals surface area contributed by atoms with Gasteiger partial charge in [-0.3, -0.25) is 0 Å². The van der Waals surface area contributed by atoms with E-state index in [-0.39, 0.29) is 5.41 Å². The number of hydrogen-bond acceptors (Lipinski definition) is 0. The van der Waals surface area contributed by atoms with Crippen LogP contribution in [0.2, 0.25) is 0 Å². The third kappa shape index (κ3) is 4.44. The number of nitrogens with zero attached hydrogens (tertiary/aromatic N) is 1. The van der Waals surface area contributed by atoms with Crippen LogP contribution in [0.5, 0.6) is 0 Å². The first-order chi connectivity index (χ1) is 26.6. The lowest BCUT2D eigenvalue weighted by molar-refractivity contribution is -0.554. The van der Waals surface area contributed by atoms with Crippen LogP contribution in [0, 0.1) is 0 Å². The van der Waals surface area contributed by atoms with Gasteiger partial charge in [-0.1, -0.05) is 159 Å². The molecule has 1 aromatic heterocycles. The Balaban J connectivity index is 1.27. The fraction of sp³-hybridized carbons (Fsp3) is 0.0577. The van der Waals surface area contributed by atoms with Crippen molar-refractivity contribution in [2.24, 2.45) is 0 Å². The molecule has 2 heteroatoms. The van der Waals surface area contributed by atoms with Crippen LogP contribution < -0.4 is 4.57 Å². The van der Waals surface area contributed by atoms with Crippen LogP contribution in [-0.2, 0) is 5.41 Å². The summed E-state index contributed by atoms with van der Waals surface area (Å²) >= 11 is 0. The van der Waals surface area contributed by atoms with Gasteiger partial charge in [0.15, 0.2) is 11.0 Å². The van der Waals surface area contributed by atoms with Gasteiger partial charge < -0.3 is 0 Å². The molecule has 254 valence electrons. The van der Waals surface area contributed by atoms with Crippen molar-refractivity contribution in [1.82, 2.24) is 4.98 Å². The van der Waals surface area contributed by atoms with Crippen molar-refractivity contribution in [2.45, 2.75) is 19.3 Å². The highest BCUT2D eigenvalue weighted by molar-refractivity contribution is 6.21. The largest absolute Gasteiger partial charge is 0.294 e. The molecule has 0 aliphatic heterocycles. The molecule has 0 unspecified atom stereocenters. The van der Waals surface area contributed by atoms with Crippen molar-refractivity contribution in [2.75, 3.05) is 0 Å². The quantitative estimate of drug-likeness (QED) is 0.140. The maximum Gasteiger partial charge on any atom is 0.294 e. The molecule has 9 aromatic carbocycles. The Bertz CT molecular complexity index is 3120. The molecule has 54 heavy (non-hydrogen) atoms. The molecule has 0 atom stereocenters. The second-order valence-electron chi connectivity index (χ2n) is 15.2. The number of aromatic amines is 1. The zero-order chi connectivity index (χ0) is 36.0. The first-order valence-corrected chi connectivity index (χ1v) is 18.9. The number of fused-ring (bicyclic) bond motifs is 7. The van der Waals surface area contributed by atoms with Crippen LogP contribution >= 0.6 is 0 Å². The first-order valence-electron chi connectivity index (χ1n) is 18.9. The molecule has 0 saturated heterocycles. The molecule has 1 aliphatic carbocycles. The summed E-state index contributed by atoms with van der Waals surface area (Å²) in [5.41, 5.74) is 14.9. The van der Waals surface area contributed by atoms with Gasteiger partial charge in [0.05, 0.1) is 5.56 Å². The van der Waals surface area contributed by atoms with Crippen molar-refractivity contribution in [3.05, 3.63) is 193 Å². The molecule has 1 heterocycles. The van der Waals surface area contributed by atoms with E-state index >= 15 is 0 Å². The predicted molar refractivity (Wildman–Crippen MR) is 226 cm³/mol. The Hall–Kier alpha value is -6.77. The molecule has 11 rings (SSSR count). The maximum absolute atomic E-state index is 3.91. The summed E-state index contributed by atoms with van der Waals surface area (Å²) in [5, 5.41) is 7.42. The van der Waals surface area contributed by atoms with Crippen LogP contribution in [0.3, 0.4) is 0 Å². The number of para-hydroxylation sites is 3. The molecule has 0 fully saturated rings. The Kier molecular flexibility index (Phi) is 6.63. The van der Waals surface area contributed by atoms with Crippen molar-refractivity contribution < 1.29 is 4.57 Å². The zero-order valence-electron chi connectivity index (χ0n) is 30.3. The van der Waals surface area contributed by atoms with Crippen LogP contribution in [0.1, 0.15) is 25.0 Å². The van der Waals surface area contributed by atoms with Crippen molar-refractivity contribution in [1.29, 1.82) is 0 Å².